The lowest BCUT2D eigenvalue weighted by Crippen LogP contribution is -2.62. The zero-order valence-corrected chi connectivity index (χ0v) is 21.5. The highest BCUT2D eigenvalue weighted by atomic mass is 127. The minimum atomic E-state index is -1.11. The highest BCUT2D eigenvalue weighted by Crippen LogP contribution is 2.29. The van der Waals surface area contributed by atoms with E-state index >= 15 is 0 Å². The first kappa shape index (κ1) is 26.6. The van der Waals surface area contributed by atoms with Gasteiger partial charge in [0.1, 0.15) is 24.1 Å². The highest BCUT2D eigenvalue weighted by molar-refractivity contribution is 14.1. The summed E-state index contributed by atoms with van der Waals surface area (Å²) in [7, 11) is 0. The average molecular weight is 582 g/mol. The van der Waals surface area contributed by atoms with Gasteiger partial charge in [0, 0.05) is 3.57 Å². The number of ether oxygens (including phenoxy) is 5. The van der Waals surface area contributed by atoms with Gasteiger partial charge < -0.3 is 28.8 Å². The molecule has 0 amide bonds. The molecule has 34 heavy (non-hydrogen) atoms. The van der Waals surface area contributed by atoms with Gasteiger partial charge in [0.2, 0.25) is 6.29 Å². The Morgan fingerprint density at radius 2 is 1.85 bits per heavy atom. The van der Waals surface area contributed by atoms with E-state index in [0.29, 0.717) is 12.4 Å². The summed E-state index contributed by atoms with van der Waals surface area (Å²) in [4.78, 5) is 12.5. The van der Waals surface area contributed by atoms with Crippen molar-refractivity contribution in [3.05, 3.63) is 76.4 Å². The van der Waals surface area contributed by atoms with Gasteiger partial charge in [-0.05, 0) is 52.4 Å². The third-order valence-corrected chi connectivity index (χ3v) is 5.93. The van der Waals surface area contributed by atoms with E-state index in [1.54, 1.807) is 32.1 Å². The number of carbonyl (C=O) groups excluding carboxylic acids is 1. The van der Waals surface area contributed by atoms with Gasteiger partial charge >= 0.3 is 5.97 Å². The molecule has 1 heterocycles. The normalized spacial score (nSPS) is 24.6. The first-order valence-electron chi connectivity index (χ1n) is 11.2. The molecule has 1 aliphatic rings. The minimum Gasteiger partial charge on any atom is -0.461 e. The van der Waals surface area contributed by atoms with Crippen LogP contribution in [0.15, 0.2) is 67.3 Å². The van der Waals surface area contributed by atoms with Crippen molar-refractivity contribution in [3.8, 4) is 5.75 Å². The van der Waals surface area contributed by atoms with Gasteiger partial charge in [-0.2, -0.15) is 0 Å². The summed E-state index contributed by atoms with van der Waals surface area (Å²) >= 11 is 2.20. The molecular formula is C26H31IO7. The summed E-state index contributed by atoms with van der Waals surface area (Å²) in [5, 5.41) is 11.1. The number of rotatable bonds is 11. The molecule has 2 aromatic rings. The summed E-state index contributed by atoms with van der Waals surface area (Å²) in [6, 6.07) is 17.1. The number of hydrogen-bond acceptors (Lipinski definition) is 7. The van der Waals surface area contributed by atoms with E-state index in [2.05, 4.69) is 29.2 Å². The maximum absolute atomic E-state index is 12.5. The predicted molar refractivity (Wildman–Crippen MR) is 135 cm³/mol. The molecule has 0 radical (unpaired) electrons. The van der Waals surface area contributed by atoms with E-state index in [1.807, 2.05) is 42.5 Å². The van der Waals surface area contributed by atoms with Crippen LogP contribution in [-0.2, 0) is 30.3 Å². The molecule has 1 saturated heterocycles. The van der Waals surface area contributed by atoms with Crippen LogP contribution in [0.25, 0.3) is 0 Å². The molecule has 184 valence electrons. The van der Waals surface area contributed by atoms with Crippen molar-refractivity contribution in [2.75, 3.05) is 13.2 Å². The number of aliphatic hydroxyl groups excluding tert-OH is 1. The van der Waals surface area contributed by atoms with Gasteiger partial charge in [-0.1, -0.05) is 50.3 Å². The summed E-state index contributed by atoms with van der Waals surface area (Å²) < 4.78 is 30.6. The number of esters is 1. The lowest BCUT2D eigenvalue weighted by molar-refractivity contribution is -0.291. The third-order valence-electron chi connectivity index (χ3n) is 5.21. The van der Waals surface area contributed by atoms with Crippen molar-refractivity contribution < 1.29 is 33.6 Å². The van der Waals surface area contributed by atoms with Crippen LogP contribution in [0.3, 0.4) is 0 Å². The molecule has 0 aromatic heterocycles. The van der Waals surface area contributed by atoms with E-state index in [4.69, 9.17) is 23.7 Å². The lowest BCUT2D eigenvalue weighted by Gasteiger charge is -2.43. The molecule has 8 heteroatoms. The summed E-state index contributed by atoms with van der Waals surface area (Å²) in [5.41, 5.74) is 1.00. The van der Waals surface area contributed by atoms with Gasteiger partial charge in [-0.3, -0.25) is 4.79 Å². The van der Waals surface area contributed by atoms with E-state index in [0.717, 1.165) is 9.13 Å². The van der Waals surface area contributed by atoms with E-state index in [9.17, 15) is 9.90 Å². The Morgan fingerprint density at radius 1 is 1.15 bits per heavy atom. The van der Waals surface area contributed by atoms with Crippen molar-refractivity contribution >= 4 is 28.6 Å². The summed E-state index contributed by atoms with van der Waals surface area (Å²) in [6.07, 6.45) is -3.20. The van der Waals surface area contributed by atoms with Crippen molar-refractivity contribution in [1.82, 2.24) is 0 Å². The molecule has 2 aromatic carbocycles. The second-order valence-electron chi connectivity index (χ2n) is 8.25. The van der Waals surface area contributed by atoms with Crippen LogP contribution in [0.1, 0.15) is 19.4 Å². The minimum absolute atomic E-state index is 0.0986. The topological polar surface area (TPSA) is 83.5 Å². The maximum atomic E-state index is 12.5. The average Bonchev–Trinajstić information content (AvgIpc) is 2.83. The van der Waals surface area contributed by atoms with E-state index in [1.165, 1.54) is 0 Å². The number of aliphatic hydroxyl groups is 1. The zero-order valence-electron chi connectivity index (χ0n) is 19.3. The van der Waals surface area contributed by atoms with Crippen LogP contribution in [-0.4, -0.2) is 55.0 Å². The summed E-state index contributed by atoms with van der Waals surface area (Å²) in [6.45, 7) is 7.76. The predicted octanol–water partition coefficient (Wildman–Crippen LogP) is 4.11. The Balaban J connectivity index is 1.80. The van der Waals surface area contributed by atoms with Crippen LogP contribution >= 0.6 is 22.6 Å². The number of benzene rings is 2. The number of halogens is 1. The molecule has 3 rings (SSSR count). The van der Waals surface area contributed by atoms with Crippen LogP contribution in [0.4, 0.5) is 0 Å². The van der Waals surface area contributed by atoms with Gasteiger partial charge in [-0.15, -0.1) is 6.58 Å². The molecule has 0 unspecified atom stereocenters. The lowest BCUT2D eigenvalue weighted by atomic mass is 9.98. The Kier molecular flexibility index (Phi) is 10.3. The Morgan fingerprint density at radius 3 is 2.50 bits per heavy atom. The van der Waals surface area contributed by atoms with Gasteiger partial charge in [-0.25, -0.2) is 0 Å². The van der Waals surface area contributed by atoms with Gasteiger partial charge in [0.15, 0.2) is 6.10 Å². The molecule has 1 aliphatic heterocycles. The smallest absolute Gasteiger partial charge is 0.308 e. The largest absolute Gasteiger partial charge is 0.461 e. The van der Waals surface area contributed by atoms with Crippen molar-refractivity contribution in [2.45, 2.75) is 51.2 Å². The SMILES string of the molecule is C=CCO[C@H]1[C@@H](O)[C@@H](COCc2ccccc2)O[C@@H](Oc2ccc(I)cc2)[C@@H]1OC(=O)C(C)C. The van der Waals surface area contributed by atoms with Crippen molar-refractivity contribution in [2.24, 2.45) is 5.92 Å². The third kappa shape index (κ3) is 7.51. The fraction of sp³-hybridized carbons (Fsp3) is 0.423. The molecule has 0 spiro atoms. The highest BCUT2D eigenvalue weighted by Gasteiger charge is 2.49. The molecule has 0 saturated carbocycles. The molecule has 1 fully saturated rings. The first-order valence-corrected chi connectivity index (χ1v) is 12.3. The van der Waals surface area contributed by atoms with Crippen LogP contribution in [0, 0.1) is 9.49 Å². The van der Waals surface area contributed by atoms with Crippen LogP contribution < -0.4 is 4.74 Å². The Labute approximate surface area is 214 Å². The fourth-order valence-corrected chi connectivity index (χ4v) is 3.76. The van der Waals surface area contributed by atoms with Crippen molar-refractivity contribution in [3.63, 3.8) is 0 Å². The first-order chi connectivity index (χ1) is 16.4. The van der Waals surface area contributed by atoms with E-state index in [-0.39, 0.29) is 19.1 Å². The standard InChI is InChI=1S/C26H31IO7/c1-4-14-31-23-22(28)21(16-30-15-18-8-6-5-7-9-18)33-26(24(23)34-25(29)17(2)3)32-20-12-10-19(27)11-13-20/h4-13,17,21-24,26,28H,1,14-16H2,2-3H3/t21-,22+,23+,24-,26-/m1/s1. The van der Waals surface area contributed by atoms with Crippen molar-refractivity contribution in [1.29, 1.82) is 0 Å². The van der Waals surface area contributed by atoms with Crippen LogP contribution in [0.2, 0.25) is 0 Å². The molecule has 0 aliphatic carbocycles. The second-order valence-corrected chi connectivity index (χ2v) is 9.49. The summed E-state index contributed by atoms with van der Waals surface area (Å²) in [5.74, 6) is -0.273. The van der Waals surface area contributed by atoms with Crippen LogP contribution in [0.5, 0.6) is 5.75 Å². The quantitative estimate of drug-likeness (QED) is 0.243. The van der Waals surface area contributed by atoms with E-state index < -0.39 is 36.7 Å². The monoisotopic (exact) mass is 582 g/mol. The Bertz CT molecular complexity index is 903. The number of carbonyl (C=O) groups is 1. The second kappa shape index (κ2) is 13.2. The zero-order chi connectivity index (χ0) is 24.5. The fourth-order valence-electron chi connectivity index (χ4n) is 3.40. The molecule has 0 bridgehead atoms. The number of hydrogen-bond donors (Lipinski definition) is 1. The molecule has 5 atom stereocenters. The van der Waals surface area contributed by atoms with Gasteiger partial charge in [0.25, 0.3) is 0 Å². The van der Waals surface area contributed by atoms with Gasteiger partial charge in [0.05, 0.1) is 25.7 Å². The maximum Gasteiger partial charge on any atom is 0.308 e. The molecular weight excluding hydrogens is 551 g/mol. The molecule has 1 N–H and O–H groups in total. The Hall–Kier alpha value is -1.98. The molecule has 7 nitrogen and oxygen atoms in total.